The Kier molecular flexibility index (Phi) is 3.08. The smallest absolute Gasteiger partial charge is 0.116 e. The highest BCUT2D eigenvalue weighted by atomic mass is 15.1. The van der Waals surface area contributed by atoms with Crippen LogP contribution in [-0.2, 0) is 0 Å². The minimum atomic E-state index is 0.623. The predicted octanol–water partition coefficient (Wildman–Crippen LogP) is 2.84. The molecule has 3 nitrogen and oxygen atoms in total. The van der Waals surface area contributed by atoms with Crippen molar-refractivity contribution in [2.45, 2.75) is 32.6 Å². The van der Waals surface area contributed by atoms with E-state index >= 15 is 0 Å². The van der Waals surface area contributed by atoms with Gasteiger partial charge in [0.15, 0.2) is 0 Å². The molecule has 0 N–H and O–H groups in total. The van der Waals surface area contributed by atoms with Crippen LogP contribution < -0.4 is 0 Å². The topological polar surface area (TPSA) is 20.5 Å². The summed E-state index contributed by atoms with van der Waals surface area (Å²) in [5, 5.41) is 0. The molecule has 0 unspecified atom stereocenters. The molecule has 3 heterocycles. The monoisotopic (exact) mass is 243 g/mol. The Morgan fingerprint density at radius 1 is 1.33 bits per heavy atom. The summed E-state index contributed by atoms with van der Waals surface area (Å²) in [5.74, 6) is 1.87. The van der Waals surface area contributed by atoms with Crippen molar-refractivity contribution in [2.75, 3.05) is 19.6 Å². The molecule has 0 spiro atoms. The quantitative estimate of drug-likeness (QED) is 0.808. The van der Waals surface area contributed by atoms with Crippen LogP contribution in [0.4, 0.5) is 0 Å². The fourth-order valence-electron chi connectivity index (χ4n) is 2.94. The van der Waals surface area contributed by atoms with Crippen molar-refractivity contribution in [3.8, 4) is 0 Å². The molecule has 2 aromatic rings. The summed E-state index contributed by atoms with van der Waals surface area (Å²) >= 11 is 0. The molecule has 1 saturated heterocycles. The van der Waals surface area contributed by atoms with Gasteiger partial charge < -0.3 is 9.30 Å². The number of rotatable bonds is 2. The van der Waals surface area contributed by atoms with E-state index in [1.165, 1.54) is 49.4 Å². The summed E-state index contributed by atoms with van der Waals surface area (Å²) in [5.41, 5.74) is 2.53. The Morgan fingerprint density at radius 2 is 2.11 bits per heavy atom. The van der Waals surface area contributed by atoms with Crippen LogP contribution in [0.1, 0.15) is 37.1 Å². The number of hydrogen-bond acceptors (Lipinski definition) is 2. The van der Waals surface area contributed by atoms with E-state index in [1.807, 2.05) is 6.20 Å². The molecule has 1 aliphatic rings. The molecule has 96 valence electrons. The van der Waals surface area contributed by atoms with Gasteiger partial charge in [-0.05, 0) is 57.1 Å². The summed E-state index contributed by atoms with van der Waals surface area (Å²) < 4.78 is 2.26. The minimum absolute atomic E-state index is 0.623. The largest absolute Gasteiger partial charge is 0.304 e. The van der Waals surface area contributed by atoms with Crippen LogP contribution in [0.25, 0.3) is 5.52 Å². The van der Waals surface area contributed by atoms with Gasteiger partial charge in [-0.25, -0.2) is 4.98 Å². The molecule has 0 bridgehead atoms. The van der Waals surface area contributed by atoms with Crippen LogP contribution in [0.3, 0.4) is 0 Å². The first-order chi connectivity index (χ1) is 8.78. The van der Waals surface area contributed by atoms with Crippen molar-refractivity contribution in [1.82, 2.24) is 14.3 Å². The van der Waals surface area contributed by atoms with Gasteiger partial charge in [-0.2, -0.15) is 0 Å². The van der Waals surface area contributed by atoms with Crippen LogP contribution in [0, 0.1) is 6.92 Å². The second kappa shape index (κ2) is 4.73. The summed E-state index contributed by atoms with van der Waals surface area (Å²) in [7, 11) is 0. The van der Waals surface area contributed by atoms with Crippen LogP contribution in [0.15, 0.2) is 24.5 Å². The van der Waals surface area contributed by atoms with Crippen molar-refractivity contribution in [1.29, 1.82) is 0 Å². The lowest BCUT2D eigenvalue weighted by atomic mass is 9.96. The van der Waals surface area contributed by atoms with Gasteiger partial charge in [0.25, 0.3) is 0 Å². The van der Waals surface area contributed by atoms with E-state index in [0.717, 1.165) is 0 Å². The second-order valence-corrected chi connectivity index (χ2v) is 5.32. The SMILES string of the molecule is CCN1CCC(c2ncc3cc(C)ccn23)CC1. The molecular weight excluding hydrogens is 222 g/mol. The van der Waals surface area contributed by atoms with Gasteiger partial charge in [-0.1, -0.05) is 6.92 Å². The highest BCUT2D eigenvalue weighted by molar-refractivity contribution is 5.48. The maximum Gasteiger partial charge on any atom is 0.116 e. The predicted molar refractivity (Wildman–Crippen MR) is 74.0 cm³/mol. The van der Waals surface area contributed by atoms with E-state index in [4.69, 9.17) is 0 Å². The molecule has 1 fully saturated rings. The van der Waals surface area contributed by atoms with Gasteiger partial charge in [0.2, 0.25) is 0 Å². The summed E-state index contributed by atoms with van der Waals surface area (Å²) in [4.78, 5) is 7.18. The minimum Gasteiger partial charge on any atom is -0.304 e. The number of fused-ring (bicyclic) bond motifs is 1. The van der Waals surface area contributed by atoms with Gasteiger partial charge in [0.1, 0.15) is 5.82 Å². The molecule has 3 heteroatoms. The Morgan fingerprint density at radius 3 is 2.83 bits per heavy atom. The average molecular weight is 243 g/mol. The number of aromatic nitrogens is 2. The molecule has 0 atom stereocenters. The van der Waals surface area contributed by atoms with Gasteiger partial charge in [-0.15, -0.1) is 0 Å². The van der Waals surface area contributed by atoms with E-state index in [9.17, 15) is 0 Å². The standard InChI is InChI=1S/C15H21N3/c1-3-17-7-5-13(6-8-17)15-16-11-14-10-12(2)4-9-18(14)15/h4,9-11,13H,3,5-8H2,1-2H3. The highest BCUT2D eigenvalue weighted by Gasteiger charge is 2.22. The van der Waals surface area contributed by atoms with E-state index in [0.29, 0.717) is 5.92 Å². The van der Waals surface area contributed by atoms with Crippen molar-refractivity contribution in [3.63, 3.8) is 0 Å². The number of aryl methyl sites for hydroxylation is 1. The lowest BCUT2D eigenvalue weighted by Crippen LogP contribution is -2.33. The Labute approximate surface area is 108 Å². The lowest BCUT2D eigenvalue weighted by Gasteiger charge is -2.30. The second-order valence-electron chi connectivity index (χ2n) is 5.32. The van der Waals surface area contributed by atoms with Crippen LogP contribution >= 0.6 is 0 Å². The third kappa shape index (κ3) is 2.03. The number of nitrogens with zero attached hydrogens (tertiary/aromatic N) is 3. The van der Waals surface area contributed by atoms with E-state index in [1.54, 1.807) is 0 Å². The van der Waals surface area contributed by atoms with Crippen LogP contribution in [0.5, 0.6) is 0 Å². The molecule has 18 heavy (non-hydrogen) atoms. The molecule has 0 aliphatic carbocycles. The number of pyridine rings is 1. The maximum absolute atomic E-state index is 4.66. The fourth-order valence-corrected chi connectivity index (χ4v) is 2.94. The Balaban J connectivity index is 1.87. The zero-order valence-electron chi connectivity index (χ0n) is 11.3. The van der Waals surface area contributed by atoms with E-state index < -0.39 is 0 Å². The van der Waals surface area contributed by atoms with Crippen molar-refractivity contribution < 1.29 is 0 Å². The summed E-state index contributed by atoms with van der Waals surface area (Å²) in [6.45, 7) is 7.97. The van der Waals surface area contributed by atoms with E-state index in [-0.39, 0.29) is 0 Å². The van der Waals surface area contributed by atoms with Gasteiger partial charge in [0.05, 0.1) is 11.7 Å². The number of imidazole rings is 1. The zero-order valence-corrected chi connectivity index (χ0v) is 11.3. The number of hydrogen-bond donors (Lipinski definition) is 0. The molecule has 1 aliphatic heterocycles. The molecule has 0 aromatic carbocycles. The first kappa shape index (κ1) is 11.7. The first-order valence-electron chi connectivity index (χ1n) is 6.94. The Hall–Kier alpha value is -1.35. The average Bonchev–Trinajstić information content (AvgIpc) is 2.81. The van der Waals surface area contributed by atoms with Crippen LogP contribution in [-0.4, -0.2) is 33.9 Å². The number of likely N-dealkylation sites (tertiary alicyclic amines) is 1. The zero-order chi connectivity index (χ0) is 12.5. The maximum atomic E-state index is 4.66. The van der Waals surface area contributed by atoms with Crippen molar-refractivity contribution >= 4 is 5.52 Å². The van der Waals surface area contributed by atoms with Gasteiger partial charge in [-0.3, -0.25) is 0 Å². The van der Waals surface area contributed by atoms with Crippen molar-refractivity contribution in [2.24, 2.45) is 0 Å². The van der Waals surface area contributed by atoms with Gasteiger partial charge >= 0.3 is 0 Å². The normalized spacial score (nSPS) is 18.6. The third-order valence-corrected chi connectivity index (χ3v) is 4.12. The molecule has 2 aromatic heterocycles. The molecule has 0 saturated carbocycles. The van der Waals surface area contributed by atoms with Crippen molar-refractivity contribution in [3.05, 3.63) is 35.9 Å². The molecule has 3 rings (SSSR count). The highest BCUT2D eigenvalue weighted by Crippen LogP contribution is 2.27. The molecular formula is C15H21N3. The lowest BCUT2D eigenvalue weighted by molar-refractivity contribution is 0.219. The molecule has 0 radical (unpaired) electrons. The van der Waals surface area contributed by atoms with E-state index in [2.05, 4.69) is 46.5 Å². The Bertz CT molecular complexity index is 536. The molecule has 0 amide bonds. The summed E-state index contributed by atoms with van der Waals surface area (Å²) in [6.07, 6.45) is 6.65. The number of piperidine rings is 1. The van der Waals surface area contributed by atoms with Gasteiger partial charge in [0, 0.05) is 12.1 Å². The third-order valence-electron chi connectivity index (χ3n) is 4.12. The summed E-state index contributed by atoms with van der Waals surface area (Å²) in [6, 6.07) is 4.37. The fraction of sp³-hybridized carbons (Fsp3) is 0.533. The van der Waals surface area contributed by atoms with Crippen LogP contribution in [0.2, 0.25) is 0 Å². The first-order valence-corrected chi connectivity index (χ1v) is 6.94.